The lowest BCUT2D eigenvalue weighted by atomic mass is 10.1. The highest BCUT2D eigenvalue weighted by atomic mass is 32.2. The number of thioether (sulfide) groups is 1. The molecule has 1 aliphatic rings. The molecular weight excluding hydrogens is 362 g/mol. The van der Waals surface area contributed by atoms with Crippen LogP contribution in [0.25, 0.3) is 6.08 Å². The van der Waals surface area contributed by atoms with E-state index in [-0.39, 0.29) is 16.4 Å². The first kappa shape index (κ1) is 17.6. The monoisotopic (exact) mass is 373 g/mol. The second-order valence-electron chi connectivity index (χ2n) is 4.55. The number of hydrogen-bond acceptors (Lipinski definition) is 6. The Morgan fingerprint density at radius 2 is 1.91 bits per heavy atom. The molecule has 1 heterocycles. The molecule has 1 fully saturated rings. The van der Waals surface area contributed by atoms with Gasteiger partial charge in [-0.15, -0.1) is 0 Å². The molecule has 23 heavy (non-hydrogen) atoms. The van der Waals surface area contributed by atoms with E-state index in [1.807, 2.05) is 0 Å². The van der Waals surface area contributed by atoms with E-state index in [0.717, 1.165) is 16.7 Å². The molecule has 1 amide bonds. The highest BCUT2D eigenvalue weighted by molar-refractivity contribution is 8.26. The molecule has 0 spiro atoms. The second kappa shape index (κ2) is 6.79. The SMILES string of the molecule is O=C(O)c1ccc(C=C2SC(=S)N(CCS(=O)(=O)O)C2=O)cc1. The van der Waals surface area contributed by atoms with E-state index in [4.69, 9.17) is 21.9 Å². The van der Waals surface area contributed by atoms with Crippen LogP contribution in [0.4, 0.5) is 0 Å². The molecule has 0 saturated carbocycles. The minimum absolute atomic E-state index is 0.128. The van der Waals surface area contributed by atoms with Gasteiger partial charge in [0.2, 0.25) is 0 Å². The van der Waals surface area contributed by atoms with E-state index in [2.05, 4.69) is 0 Å². The molecule has 1 aromatic rings. The molecule has 0 radical (unpaired) electrons. The Labute approximate surface area is 141 Å². The third-order valence-electron chi connectivity index (χ3n) is 2.90. The number of carboxylic acid groups (broad SMARTS) is 1. The summed E-state index contributed by atoms with van der Waals surface area (Å²) in [7, 11) is -4.19. The summed E-state index contributed by atoms with van der Waals surface area (Å²) in [6.45, 7) is -0.223. The molecule has 2 rings (SSSR count). The third-order valence-corrected chi connectivity index (χ3v) is 4.98. The zero-order valence-corrected chi connectivity index (χ0v) is 13.9. The number of carbonyl (C=O) groups is 2. The lowest BCUT2D eigenvalue weighted by Gasteiger charge is -2.12. The van der Waals surface area contributed by atoms with E-state index in [1.54, 1.807) is 18.2 Å². The van der Waals surface area contributed by atoms with Gasteiger partial charge in [0.15, 0.2) is 0 Å². The van der Waals surface area contributed by atoms with Crippen molar-refractivity contribution < 1.29 is 27.7 Å². The molecule has 1 saturated heterocycles. The second-order valence-corrected chi connectivity index (χ2v) is 7.79. The lowest BCUT2D eigenvalue weighted by Crippen LogP contribution is -2.32. The van der Waals surface area contributed by atoms with Crippen LogP contribution in [0.15, 0.2) is 29.2 Å². The predicted octanol–water partition coefficient (Wildman–Crippen LogP) is 1.47. The van der Waals surface area contributed by atoms with Gasteiger partial charge in [0.05, 0.1) is 16.2 Å². The summed E-state index contributed by atoms with van der Waals surface area (Å²) in [6, 6.07) is 5.92. The first-order valence-corrected chi connectivity index (χ1v) is 9.04. The molecule has 0 unspecified atom stereocenters. The summed E-state index contributed by atoms with van der Waals surface area (Å²) < 4.78 is 30.5. The topological polar surface area (TPSA) is 112 Å². The van der Waals surface area contributed by atoms with Gasteiger partial charge in [-0.3, -0.25) is 14.2 Å². The molecule has 0 bridgehead atoms. The average Bonchev–Trinajstić information content (AvgIpc) is 2.71. The zero-order chi connectivity index (χ0) is 17.2. The van der Waals surface area contributed by atoms with E-state index < -0.39 is 27.7 Å². The van der Waals surface area contributed by atoms with Crippen LogP contribution >= 0.6 is 24.0 Å². The predicted molar refractivity (Wildman–Crippen MR) is 89.7 cm³/mol. The van der Waals surface area contributed by atoms with Crippen LogP contribution in [0.2, 0.25) is 0 Å². The maximum absolute atomic E-state index is 12.2. The Morgan fingerprint density at radius 3 is 2.43 bits per heavy atom. The normalized spacial score (nSPS) is 17.1. The van der Waals surface area contributed by atoms with Gasteiger partial charge in [0.1, 0.15) is 4.32 Å². The molecule has 0 atom stereocenters. The summed E-state index contributed by atoms with van der Waals surface area (Å²) in [5.74, 6) is -2.10. The van der Waals surface area contributed by atoms with Gasteiger partial charge in [-0.1, -0.05) is 36.1 Å². The Balaban J connectivity index is 2.16. The summed E-state index contributed by atoms with van der Waals surface area (Å²) in [5, 5.41) is 8.83. The number of carbonyl (C=O) groups excluding carboxylic acids is 1. The van der Waals surface area contributed by atoms with Gasteiger partial charge < -0.3 is 5.11 Å². The zero-order valence-electron chi connectivity index (χ0n) is 11.5. The van der Waals surface area contributed by atoms with E-state index >= 15 is 0 Å². The minimum Gasteiger partial charge on any atom is -0.478 e. The van der Waals surface area contributed by atoms with Crippen LogP contribution in [0.3, 0.4) is 0 Å². The van der Waals surface area contributed by atoms with Crippen molar-refractivity contribution >= 4 is 56.4 Å². The first-order chi connectivity index (χ1) is 10.7. The highest BCUT2D eigenvalue weighted by Crippen LogP contribution is 2.32. The van der Waals surface area contributed by atoms with E-state index in [1.165, 1.54) is 12.1 Å². The van der Waals surface area contributed by atoms with Gasteiger partial charge in [-0.25, -0.2) is 4.79 Å². The first-order valence-electron chi connectivity index (χ1n) is 6.21. The van der Waals surface area contributed by atoms with Crippen LogP contribution in [0.5, 0.6) is 0 Å². The van der Waals surface area contributed by atoms with Crippen molar-refractivity contribution in [2.45, 2.75) is 0 Å². The van der Waals surface area contributed by atoms with Gasteiger partial charge in [0.25, 0.3) is 16.0 Å². The average molecular weight is 373 g/mol. The van der Waals surface area contributed by atoms with Crippen molar-refractivity contribution in [3.05, 3.63) is 40.3 Å². The molecule has 1 aromatic carbocycles. The highest BCUT2D eigenvalue weighted by Gasteiger charge is 2.32. The summed E-state index contributed by atoms with van der Waals surface area (Å²) in [6.07, 6.45) is 1.54. The van der Waals surface area contributed by atoms with Gasteiger partial charge in [-0.2, -0.15) is 8.42 Å². The molecule has 0 aliphatic carbocycles. The van der Waals surface area contributed by atoms with Gasteiger partial charge >= 0.3 is 5.97 Å². The fourth-order valence-corrected chi connectivity index (χ4v) is 3.49. The van der Waals surface area contributed by atoms with E-state index in [0.29, 0.717) is 10.5 Å². The van der Waals surface area contributed by atoms with Crippen molar-refractivity contribution in [1.82, 2.24) is 4.90 Å². The maximum Gasteiger partial charge on any atom is 0.335 e. The quantitative estimate of drug-likeness (QED) is 0.453. The molecule has 122 valence electrons. The third kappa shape index (κ3) is 4.61. The molecule has 2 N–H and O–H groups in total. The smallest absolute Gasteiger partial charge is 0.335 e. The van der Waals surface area contributed by atoms with Crippen LogP contribution < -0.4 is 0 Å². The molecule has 1 aliphatic heterocycles. The number of benzene rings is 1. The van der Waals surface area contributed by atoms with Crippen molar-refractivity contribution in [1.29, 1.82) is 0 Å². The molecular formula is C13H11NO6S3. The summed E-state index contributed by atoms with van der Waals surface area (Å²) in [5.41, 5.74) is 0.744. The number of thiocarbonyl (C=S) groups is 1. The van der Waals surface area contributed by atoms with Crippen LogP contribution in [-0.4, -0.2) is 51.5 Å². The molecule has 10 heteroatoms. The summed E-state index contributed by atoms with van der Waals surface area (Å²) >= 11 is 6.04. The van der Waals surface area contributed by atoms with Crippen molar-refractivity contribution in [3.8, 4) is 0 Å². The standard InChI is InChI=1S/C13H11NO6S3/c15-11-10(7-8-1-3-9(4-2-8)12(16)17)22-13(21)14(11)5-6-23(18,19)20/h1-4,7H,5-6H2,(H,16,17)(H,18,19,20). The van der Waals surface area contributed by atoms with Crippen molar-refractivity contribution in [2.24, 2.45) is 0 Å². The number of aromatic carboxylic acids is 1. The van der Waals surface area contributed by atoms with Gasteiger partial charge in [-0.05, 0) is 23.8 Å². The maximum atomic E-state index is 12.2. The van der Waals surface area contributed by atoms with Crippen molar-refractivity contribution in [2.75, 3.05) is 12.3 Å². The number of rotatable bonds is 5. The fraction of sp³-hybridized carbons (Fsp3) is 0.154. The van der Waals surface area contributed by atoms with Crippen LogP contribution in [-0.2, 0) is 14.9 Å². The Hall–Kier alpha value is -1.75. The largest absolute Gasteiger partial charge is 0.478 e. The number of nitrogens with zero attached hydrogens (tertiary/aromatic N) is 1. The summed E-state index contributed by atoms with van der Waals surface area (Å²) in [4.78, 5) is 24.4. The number of hydrogen-bond donors (Lipinski definition) is 2. The Bertz CT molecular complexity index is 798. The molecule has 0 aromatic heterocycles. The minimum atomic E-state index is -4.19. The lowest BCUT2D eigenvalue weighted by molar-refractivity contribution is -0.121. The number of amides is 1. The fourth-order valence-electron chi connectivity index (χ4n) is 1.77. The Kier molecular flexibility index (Phi) is 5.19. The van der Waals surface area contributed by atoms with Crippen LogP contribution in [0.1, 0.15) is 15.9 Å². The van der Waals surface area contributed by atoms with Crippen LogP contribution in [0, 0.1) is 0 Å². The van der Waals surface area contributed by atoms with Crippen molar-refractivity contribution in [3.63, 3.8) is 0 Å². The number of carboxylic acids is 1. The Morgan fingerprint density at radius 1 is 1.30 bits per heavy atom. The van der Waals surface area contributed by atoms with E-state index in [9.17, 15) is 18.0 Å². The van der Waals surface area contributed by atoms with Gasteiger partial charge in [0, 0.05) is 6.54 Å². The molecule has 7 nitrogen and oxygen atoms in total.